The fourth-order valence-electron chi connectivity index (χ4n) is 3.50. The summed E-state index contributed by atoms with van der Waals surface area (Å²) in [6, 6.07) is 12.4. The molecule has 1 saturated heterocycles. The van der Waals surface area contributed by atoms with Gasteiger partial charge in [0.2, 0.25) is 15.9 Å². The van der Waals surface area contributed by atoms with Crippen LogP contribution in [0.15, 0.2) is 53.4 Å². The molecule has 2 aromatic carbocycles. The molecule has 0 aliphatic carbocycles. The van der Waals surface area contributed by atoms with E-state index in [4.69, 9.17) is 0 Å². The van der Waals surface area contributed by atoms with Gasteiger partial charge in [-0.25, -0.2) is 17.5 Å². The zero-order valence-corrected chi connectivity index (χ0v) is 20.1. The summed E-state index contributed by atoms with van der Waals surface area (Å²) in [6.07, 6.45) is 0. The molecule has 0 bridgehead atoms. The first-order chi connectivity index (χ1) is 15.4. The van der Waals surface area contributed by atoms with Gasteiger partial charge in [-0.15, -0.1) is 0 Å². The second-order valence-corrected chi connectivity index (χ2v) is 10.7. The van der Waals surface area contributed by atoms with E-state index in [1.807, 2.05) is 12.1 Å². The molecular weight excluding hydrogens is 444 g/mol. The second kappa shape index (κ2) is 8.95. The minimum atomic E-state index is -3.59. The summed E-state index contributed by atoms with van der Waals surface area (Å²) in [6.45, 7) is 5.27. The Kier molecular flexibility index (Phi) is 6.62. The van der Waals surface area contributed by atoms with Gasteiger partial charge in [-0.1, -0.05) is 38.1 Å². The number of urea groups is 1. The molecule has 0 aromatic heterocycles. The Balaban J connectivity index is 1.70. The van der Waals surface area contributed by atoms with Crippen LogP contribution in [0.1, 0.15) is 37.8 Å². The lowest BCUT2D eigenvalue weighted by molar-refractivity contribution is -0.133. The van der Waals surface area contributed by atoms with E-state index in [0.29, 0.717) is 17.2 Å². The number of hydrogen-bond donors (Lipinski definition) is 2. The summed E-state index contributed by atoms with van der Waals surface area (Å²) in [5.41, 5.74) is 0.817. The maximum absolute atomic E-state index is 13.1. The molecule has 1 unspecified atom stereocenters. The minimum Gasteiger partial charge on any atom is -0.325 e. The molecule has 1 atom stereocenters. The molecule has 1 aliphatic heterocycles. The number of sulfonamides is 1. The van der Waals surface area contributed by atoms with Crippen molar-refractivity contribution in [1.82, 2.24) is 14.5 Å². The van der Waals surface area contributed by atoms with Crippen LogP contribution in [0, 0.1) is 0 Å². The Morgan fingerprint density at radius 3 is 2.15 bits per heavy atom. The molecule has 176 valence electrons. The normalized spacial score (nSPS) is 18.7. The van der Waals surface area contributed by atoms with Crippen LogP contribution in [0.3, 0.4) is 0 Å². The quantitative estimate of drug-likeness (QED) is 0.601. The molecule has 3 rings (SSSR count). The zero-order valence-electron chi connectivity index (χ0n) is 19.2. The maximum atomic E-state index is 13.1. The Hall–Kier alpha value is -3.24. The third-order valence-corrected chi connectivity index (χ3v) is 7.48. The predicted molar refractivity (Wildman–Crippen MR) is 124 cm³/mol. The van der Waals surface area contributed by atoms with E-state index in [9.17, 15) is 22.8 Å². The largest absolute Gasteiger partial charge is 0.325 e. The SMILES string of the molecule is CC(C)c1ccc(C2(C)NC(=O)N(CC(=O)Nc3ccc(S(=O)(=O)N(C)C)cc3)C2=O)cc1. The third kappa shape index (κ3) is 4.76. The summed E-state index contributed by atoms with van der Waals surface area (Å²) >= 11 is 0. The fraction of sp³-hybridized carbons (Fsp3) is 0.348. The molecule has 9 nitrogen and oxygen atoms in total. The van der Waals surface area contributed by atoms with Gasteiger partial charge in [0.15, 0.2) is 0 Å². The summed E-state index contributed by atoms with van der Waals surface area (Å²) in [4.78, 5) is 39.0. The lowest BCUT2D eigenvalue weighted by Crippen LogP contribution is -2.42. The molecule has 4 amide bonds. The second-order valence-electron chi connectivity index (χ2n) is 8.58. The van der Waals surface area contributed by atoms with Gasteiger partial charge in [0, 0.05) is 19.8 Å². The molecule has 0 spiro atoms. The van der Waals surface area contributed by atoms with E-state index in [2.05, 4.69) is 24.5 Å². The Morgan fingerprint density at radius 2 is 1.64 bits per heavy atom. The molecule has 2 aromatic rings. The number of carbonyl (C=O) groups is 3. The number of carbonyl (C=O) groups excluding carboxylic acids is 3. The molecule has 1 heterocycles. The first kappa shape index (κ1) is 24.4. The number of anilines is 1. The van der Waals surface area contributed by atoms with Crippen LogP contribution in [0.4, 0.5) is 10.5 Å². The molecule has 10 heteroatoms. The lowest BCUT2D eigenvalue weighted by atomic mass is 9.90. The number of imide groups is 1. The van der Waals surface area contributed by atoms with E-state index in [-0.39, 0.29) is 4.90 Å². The van der Waals surface area contributed by atoms with Crippen molar-refractivity contribution >= 4 is 33.6 Å². The van der Waals surface area contributed by atoms with Gasteiger partial charge in [-0.05, 0) is 48.2 Å². The monoisotopic (exact) mass is 472 g/mol. The first-order valence-electron chi connectivity index (χ1n) is 10.4. The van der Waals surface area contributed by atoms with Crippen molar-refractivity contribution in [2.45, 2.75) is 37.1 Å². The summed E-state index contributed by atoms with van der Waals surface area (Å²) < 4.78 is 25.4. The first-order valence-corrected chi connectivity index (χ1v) is 11.9. The fourth-order valence-corrected chi connectivity index (χ4v) is 4.40. The van der Waals surface area contributed by atoms with Crippen molar-refractivity contribution in [3.63, 3.8) is 0 Å². The van der Waals surface area contributed by atoms with Crippen molar-refractivity contribution in [2.24, 2.45) is 0 Å². The number of rotatable bonds is 7. The highest BCUT2D eigenvalue weighted by Gasteiger charge is 2.49. The number of hydrogen-bond acceptors (Lipinski definition) is 5. The number of amides is 4. The number of benzene rings is 2. The topological polar surface area (TPSA) is 116 Å². The minimum absolute atomic E-state index is 0.0823. The van der Waals surface area contributed by atoms with Gasteiger partial charge >= 0.3 is 6.03 Å². The van der Waals surface area contributed by atoms with E-state index < -0.39 is 40.0 Å². The van der Waals surface area contributed by atoms with Crippen LogP contribution < -0.4 is 10.6 Å². The van der Waals surface area contributed by atoms with Crippen molar-refractivity contribution in [2.75, 3.05) is 26.0 Å². The van der Waals surface area contributed by atoms with Crippen LogP contribution in [0.2, 0.25) is 0 Å². The van der Waals surface area contributed by atoms with Crippen molar-refractivity contribution in [3.05, 3.63) is 59.7 Å². The average molecular weight is 473 g/mol. The zero-order chi connectivity index (χ0) is 24.6. The van der Waals surface area contributed by atoms with Crippen molar-refractivity contribution in [3.8, 4) is 0 Å². The van der Waals surface area contributed by atoms with Gasteiger partial charge in [0.1, 0.15) is 12.1 Å². The summed E-state index contributed by atoms with van der Waals surface area (Å²) in [5.74, 6) is -0.772. The molecule has 33 heavy (non-hydrogen) atoms. The highest BCUT2D eigenvalue weighted by Crippen LogP contribution is 2.30. The molecule has 0 saturated carbocycles. The van der Waals surface area contributed by atoms with Gasteiger partial charge < -0.3 is 10.6 Å². The lowest BCUT2D eigenvalue weighted by Gasteiger charge is -2.22. The van der Waals surface area contributed by atoms with E-state index in [1.54, 1.807) is 19.1 Å². The number of nitrogens with one attached hydrogen (secondary N) is 2. The van der Waals surface area contributed by atoms with Gasteiger partial charge in [-0.2, -0.15) is 0 Å². The Labute approximate surface area is 193 Å². The maximum Gasteiger partial charge on any atom is 0.325 e. The number of nitrogens with zero attached hydrogens (tertiary/aromatic N) is 2. The third-order valence-electron chi connectivity index (χ3n) is 5.65. The van der Waals surface area contributed by atoms with Crippen LogP contribution in [0.25, 0.3) is 0 Å². The Bertz CT molecular complexity index is 1170. The highest BCUT2D eigenvalue weighted by molar-refractivity contribution is 7.89. The van der Waals surface area contributed by atoms with E-state index in [0.717, 1.165) is 14.8 Å². The van der Waals surface area contributed by atoms with E-state index >= 15 is 0 Å². The standard InChI is InChI=1S/C23H28N4O5S/c1-15(2)16-6-8-17(9-7-16)23(3)21(29)27(22(30)25-23)14-20(28)24-18-10-12-19(13-11-18)33(31,32)26(4)5/h6-13,15H,14H2,1-5H3,(H,24,28)(H,25,30). The van der Waals surface area contributed by atoms with Crippen molar-refractivity contribution in [1.29, 1.82) is 0 Å². The summed E-state index contributed by atoms with van der Waals surface area (Å²) in [5, 5.41) is 5.27. The van der Waals surface area contributed by atoms with Gasteiger partial charge in [0.05, 0.1) is 4.90 Å². The van der Waals surface area contributed by atoms with Gasteiger partial charge in [-0.3, -0.25) is 14.5 Å². The molecular formula is C23H28N4O5S. The Morgan fingerprint density at radius 1 is 1.06 bits per heavy atom. The predicted octanol–water partition coefficient (Wildman–Crippen LogP) is 2.47. The molecule has 1 aliphatic rings. The van der Waals surface area contributed by atoms with Gasteiger partial charge in [0.25, 0.3) is 5.91 Å². The van der Waals surface area contributed by atoms with Crippen LogP contribution in [0.5, 0.6) is 0 Å². The molecule has 1 fully saturated rings. The van der Waals surface area contributed by atoms with Crippen LogP contribution >= 0.6 is 0 Å². The van der Waals surface area contributed by atoms with Crippen LogP contribution in [-0.4, -0.2) is 56.1 Å². The smallest absolute Gasteiger partial charge is 0.325 e. The summed E-state index contributed by atoms with van der Waals surface area (Å²) in [7, 11) is -0.735. The average Bonchev–Trinajstić information content (AvgIpc) is 2.98. The molecule has 2 N–H and O–H groups in total. The van der Waals surface area contributed by atoms with E-state index in [1.165, 1.54) is 38.4 Å². The van der Waals surface area contributed by atoms with Crippen LogP contribution in [-0.2, 0) is 25.2 Å². The van der Waals surface area contributed by atoms with Crippen molar-refractivity contribution < 1.29 is 22.8 Å². The molecule has 0 radical (unpaired) electrons. The highest BCUT2D eigenvalue weighted by atomic mass is 32.2.